The van der Waals surface area contributed by atoms with Gasteiger partial charge in [-0.1, -0.05) is 0 Å². The van der Waals surface area contributed by atoms with Crippen molar-refractivity contribution in [3.8, 4) is 5.75 Å². The average Bonchev–Trinajstić information content (AvgIpc) is 2.80. The van der Waals surface area contributed by atoms with Gasteiger partial charge in [0.2, 0.25) is 5.91 Å². The Labute approximate surface area is 116 Å². The van der Waals surface area contributed by atoms with Crippen LogP contribution in [0.4, 0.5) is 11.4 Å². The topological polar surface area (TPSA) is 98.7 Å². The summed E-state index contributed by atoms with van der Waals surface area (Å²) >= 11 is 0. The van der Waals surface area contributed by atoms with Gasteiger partial charge in [0.05, 0.1) is 17.6 Å². The van der Waals surface area contributed by atoms with Crippen LogP contribution in [0.25, 0.3) is 0 Å². The number of rotatable bonds is 5. The van der Waals surface area contributed by atoms with E-state index in [1.807, 2.05) is 0 Å². The van der Waals surface area contributed by atoms with E-state index in [4.69, 9.17) is 10.5 Å². The van der Waals surface area contributed by atoms with Gasteiger partial charge in [0.25, 0.3) is 5.69 Å². The number of nitro benzene ring substituents is 1. The van der Waals surface area contributed by atoms with E-state index < -0.39 is 4.92 Å². The highest BCUT2D eigenvalue weighted by atomic mass is 16.6. The summed E-state index contributed by atoms with van der Waals surface area (Å²) in [5.41, 5.74) is 5.75. The normalized spacial score (nSPS) is 18.4. The van der Waals surface area contributed by atoms with Gasteiger partial charge in [0.1, 0.15) is 11.4 Å². The summed E-state index contributed by atoms with van der Waals surface area (Å²) in [6, 6.07) is 4.54. The lowest BCUT2D eigenvalue weighted by Crippen LogP contribution is -2.26. The molecule has 1 fully saturated rings. The van der Waals surface area contributed by atoms with E-state index in [1.165, 1.54) is 11.0 Å². The Balaban J connectivity index is 2.36. The maximum Gasteiger partial charge on any atom is 0.296 e. The number of amides is 1. The standard InChI is InChI=1S/C13H17N3O4/c1-2-20-10-3-4-11(12(6-10)16(18)19)15-8-9(7-14)5-13(15)17/h3-4,6,9H,2,5,7-8,14H2,1H3. The predicted octanol–water partition coefficient (Wildman–Crippen LogP) is 1.31. The zero-order chi connectivity index (χ0) is 14.7. The fourth-order valence-corrected chi connectivity index (χ4v) is 2.31. The van der Waals surface area contributed by atoms with Gasteiger partial charge in [-0.25, -0.2) is 0 Å². The highest BCUT2D eigenvalue weighted by Gasteiger charge is 2.33. The molecule has 0 saturated carbocycles. The minimum absolute atomic E-state index is 0.0497. The number of carbonyl (C=O) groups excluding carboxylic acids is 1. The molecular weight excluding hydrogens is 262 g/mol. The van der Waals surface area contributed by atoms with Crippen molar-refractivity contribution in [2.24, 2.45) is 11.7 Å². The zero-order valence-corrected chi connectivity index (χ0v) is 11.2. The maximum atomic E-state index is 11.9. The monoisotopic (exact) mass is 279 g/mol. The Hall–Kier alpha value is -2.15. The van der Waals surface area contributed by atoms with Crippen LogP contribution in [0.3, 0.4) is 0 Å². The number of ether oxygens (including phenoxy) is 1. The Bertz CT molecular complexity index is 532. The van der Waals surface area contributed by atoms with Crippen LogP contribution in [-0.4, -0.2) is 30.5 Å². The molecule has 1 aromatic carbocycles. The Morgan fingerprint density at radius 2 is 2.30 bits per heavy atom. The SMILES string of the molecule is CCOc1ccc(N2CC(CN)CC2=O)c([N+](=O)[O-])c1. The van der Waals surface area contributed by atoms with E-state index in [0.717, 1.165) is 0 Å². The van der Waals surface area contributed by atoms with E-state index in [1.54, 1.807) is 19.1 Å². The molecule has 0 aliphatic carbocycles. The lowest BCUT2D eigenvalue weighted by atomic mass is 10.1. The molecule has 0 bridgehead atoms. The molecule has 1 aliphatic heterocycles. The van der Waals surface area contributed by atoms with Crippen LogP contribution >= 0.6 is 0 Å². The third-order valence-electron chi connectivity index (χ3n) is 3.28. The van der Waals surface area contributed by atoms with Crippen LogP contribution in [0, 0.1) is 16.0 Å². The van der Waals surface area contributed by atoms with Gasteiger partial charge in [-0.3, -0.25) is 14.9 Å². The molecule has 0 aromatic heterocycles. The Kier molecular flexibility index (Phi) is 4.19. The first kappa shape index (κ1) is 14.3. The molecule has 0 spiro atoms. The van der Waals surface area contributed by atoms with Gasteiger partial charge in [0, 0.05) is 13.0 Å². The van der Waals surface area contributed by atoms with Crippen molar-refractivity contribution in [3.05, 3.63) is 28.3 Å². The van der Waals surface area contributed by atoms with E-state index in [0.29, 0.717) is 37.6 Å². The summed E-state index contributed by atoms with van der Waals surface area (Å²) < 4.78 is 5.26. The predicted molar refractivity (Wildman–Crippen MR) is 73.8 cm³/mol. The summed E-state index contributed by atoms with van der Waals surface area (Å²) in [5.74, 6) is 0.339. The zero-order valence-electron chi connectivity index (χ0n) is 11.2. The summed E-state index contributed by atoms with van der Waals surface area (Å²) in [7, 11) is 0. The van der Waals surface area contributed by atoms with Crippen molar-refractivity contribution in [2.45, 2.75) is 13.3 Å². The smallest absolute Gasteiger partial charge is 0.296 e. The fraction of sp³-hybridized carbons (Fsp3) is 0.462. The molecule has 1 saturated heterocycles. The average molecular weight is 279 g/mol. The van der Waals surface area contributed by atoms with Crippen LogP contribution in [0.2, 0.25) is 0 Å². The molecule has 1 aliphatic rings. The fourth-order valence-electron chi connectivity index (χ4n) is 2.31. The van der Waals surface area contributed by atoms with Crippen molar-refractivity contribution in [3.63, 3.8) is 0 Å². The quantitative estimate of drug-likeness (QED) is 0.647. The summed E-state index contributed by atoms with van der Waals surface area (Å²) in [6.45, 7) is 3.04. The summed E-state index contributed by atoms with van der Waals surface area (Å²) in [5, 5.41) is 11.2. The molecule has 1 unspecified atom stereocenters. The number of nitro groups is 1. The molecule has 1 heterocycles. The summed E-state index contributed by atoms with van der Waals surface area (Å²) in [4.78, 5) is 24.1. The van der Waals surface area contributed by atoms with Gasteiger partial charge < -0.3 is 15.4 Å². The molecule has 0 radical (unpaired) electrons. The van der Waals surface area contributed by atoms with Crippen LogP contribution in [0.5, 0.6) is 5.75 Å². The lowest BCUT2D eigenvalue weighted by molar-refractivity contribution is -0.384. The number of hydrogen-bond acceptors (Lipinski definition) is 5. The van der Waals surface area contributed by atoms with Gasteiger partial charge in [0.15, 0.2) is 0 Å². The summed E-state index contributed by atoms with van der Waals surface area (Å²) in [6.07, 6.45) is 0.334. The van der Waals surface area contributed by atoms with Crippen LogP contribution < -0.4 is 15.4 Å². The number of benzene rings is 1. The molecule has 108 valence electrons. The van der Waals surface area contributed by atoms with Crippen LogP contribution in [-0.2, 0) is 4.79 Å². The minimum Gasteiger partial charge on any atom is -0.494 e. The second kappa shape index (κ2) is 5.87. The van der Waals surface area contributed by atoms with Gasteiger partial charge in [-0.15, -0.1) is 0 Å². The highest BCUT2D eigenvalue weighted by molar-refractivity contribution is 5.98. The minimum atomic E-state index is -0.499. The van der Waals surface area contributed by atoms with Crippen molar-refractivity contribution in [1.82, 2.24) is 0 Å². The van der Waals surface area contributed by atoms with E-state index in [9.17, 15) is 14.9 Å². The van der Waals surface area contributed by atoms with Gasteiger partial charge in [-0.05, 0) is 31.5 Å². The second-order valence-corrected chi connectivity index (χ2v) is 4.65. The Morgan fingerprint density at radius 3 is 2.85 bits per heavy atom. The lowest BCUT2D eigenvalue weighted by Gasteiger charge is -2.17. The molecule has 7 nitrogen and oxygen atoms in total. The van der Waals surface area contributed by atoms with Crippen molar-refractivity contribution in [1.29, 1.82) is 0 Å². The van der Waals surface area contributed by atoms with E-state index in [2.05, 4.69) is 0 Å². The third kappa shape index (κ3) is 2.72. The number of carbonyl (C=O) groups is 1. The first-order valence-corrected chi connectivity index (χ1v) is 6.48. The van der Waals surface area contributed by atoms with Crippen LogP contribution in [0.15, 0.2) is 18.2 Å². The number of anilines is 1. The Morgan fingerprint density at radius 1 is 1.55 bits per heavy atom. The molecule has 2 N–H and O–H groups in total. The highest BCUT2D eigenvalue weighted by Crippen LogP contribution is 2.35. The van der Waals surface area contributed by atoms with Crippen molar-refractivity contribution in [2.75, 3.05) is 24.6 Å². The van der Waals surface area contributed by atoms with Crippen molar-refractivity contribution < 1.29 is 14.5 Å². The molecule has 1 aromatic rings. The van der Waals surface area contributed by atoms with Gasteiger partial charge in [-0.2, -0.15) is 0 Å². The first-order valence-electron chi connectivity index (χ1n) is 6.48. The second-order valence-electron chi connectivity index (χ2n) is 4.65. The molecule has 2 rings (SSSR count). The maximum absolute atomic E-state index is 11.9. The number of nitrogens with two attached hydrogens (primary N) is 1. The number of hydrogen-bond donors (Lipinski definition) is 1. The molecular formula is C13H17N3O4. The first-order chi connectivity index (χ1) is 9.56. The molecule has 7 heteroatoms. The third-order valence-corrected chi connectivity index (χ3v) is 3.28. The molecule has 1 amide bonds. The van der Waals surface area contributed by atoms with E-state index in [-0.39, 0.29) is 17.5 Å². The molecule has 20 heavy (non-hydrogen) atoms. The van der Waals surface area contributed by atoms with Crippen molar-refractivity contribution >= 4 is 17.3 Å². The van der Waals surface area contributed by atoms with Gasteiger partial charge >= 0.3 is 0 Å². The molecule has 1 atom stereocenters. The largest absolute Gasteiger partial charge is 0.494 e. The van der Waals surface area contributed by atoms with E-state index >= 15 is 0 Å². The van der Waals surface area contributed by atoms with Crippen LogP contribution in [0.1, 0.15) is 13.3 Å². The number of nitrogens with zero attached hydrogens (tertiary/aromatic N) is 2.